The van der Waals surface area contributed by atoms with E-state index in [0.29, 0.717) is 11.3 Å². The van der Waals surface area contributed by atoms with Gasteiger partial charge in [-0.25, -0.2) is 0 Å². The minimum absolute atomic E-state index is 0.0856. The van der Waals surface area contributed by atoms with Crippen LogP contribution in [0.1, 0.15) is 39.4 Å². The van der Waals surface area contributed by atoms with Gasteiger partial charge < -0.3 is 24.3 Å². The fourth-order valence-corrected chi connectivity index (χ4v) is 4.53. The van der Waals surface area contributed by atoms with Crippen molar-refractivity contribution in [2.45, 2.75) is 12.3 Å². The number of Topliss-reactive ketones (excluding diaryl/α,β-unsaturated/α-hetero) is 1. The number of carbonyl (C=O) groups excluding carboxylic acids is 1. The maximum absolute atomic E-state index is 13.3. The first kappa shape index (κ1) is 22.2. The van der Waals surface area contributed by atoms with Crippen LogP contribution in [0.15, 0.2) is 66.8 Å². The lowest BCUT2D eigenvalue weighted by molar-refractivity contribution is -0.137. The Bertz CT molecular complexity index is 1500. The van der Waals surface area contributed by atoms with Gasteiger partial charge in [-0.3, -0.25) is 14.6 Å². The van der Waals surface area contributed by atoms with E-state index in [1.807, 2.05) is 36.0 Å². The molecule has 0 aliphatic carbocycles. The fraction of sp³-hybridized carbons (Fsp3) is 0.148. The number of aliphatic carboxylic acids is 1. The normalized spacial score (nSPS) is 14.7. The predicted octanol–water partition coefficient (Wildman–Crippen LogP) is 4.51. The summed E-state index contributed by atoms with van der Waals surface area (Å²) >= 11 is 0. The van der Waals surface area contributed by atoms with Crippen molar-refractivity contribution in [1.29, 1.82) is 0 Å². The number of hydrogen-bond donors (Lipinski definition) is 2. The predicted molar refractivity (Wildman–Crippen MR) is 129 cm³/mol. The molecule has 0 saturated heterocycles. The number of aromatic nitrogens is 2. The number of rotatable bonds is 6. The van der Waals surface area contributed by atoms with E-state index in [0.717, 1.165) is 16.5 Å². The third kappa shape index (κ3) is 3.89. The number of carbonyl (C=O) groups is 2. The largest absolute Gasteiger partial charge is 0.508 e. The van der Waals surface area contributed by atoms with Crippen molar-refractivity contribution >= 4 is 28.7 Å². The van der Waals surface area contributed by atoms with Crippen molar-refractivity contribution in [1.82, 2.24) is 9.55 Å². The zero-order valence-corrected chi connectivity index (χ0v) is 19.1. The van der Waals surface area contributed by atoms with Gasteiger partial charge in [0.25, 0.3) is 0 Å². The number of aryl methyl sites for hydroxylation is 1. The molecular weight excluding hydrogens is 448 g/mol. The van der Waals surface area contributed by atoms with Crippen LogP contribution in [0.2, 0.25) is 0 Å². The van der Waals surface area contributed by atoms with Gasteiger partial charge in [0.15, 0.2) is 5.76 Å². The molecule has 0 amide bonds. The number of phenols is 1. The van der Waals surface area contributed by atoms with Gasteiger partial charge >= 0.3 is 5.97 Å². The first-order valence-electron chi connectivity index (χ1n) is 10.9. The Morgan fingerprint density at radius 2 is 2.09 bits per heavy atom. The summed E-state index contributed by atoms with van der Waals surface area (Å²) in [6.45, 7) is 0. The highest BCUT2D eigenvalue weighted by Crippen LogP contribution is 2.46. The van der Waals surface area contributed by atoms with Crippen molar-refractivity contribution in [2.24, 2.45) is 7.05 Å². The highest BCUT2D eigenvalue weighted by atomic mass is 16.5. The monoisotopic (exact) mass is 470 g/mol. The van der Waals surface area contributed by atoms with Crippen molar-refractivity contribution in [3.05, 3.63) is 89.1 Å². The summed E-state index contributed by atoms with van der Waals surface area (Å²) in [7, 11) is 3.50. The number of ketones is 1. The molecule has 3 heterocycles. The Hall–Kier alpha value is -4.59. The molecule has 1 aliphatic heterocycles. The molecule has 0 saturated carbocycles. The van der Waals surface area contributed by atoms with Gasteiger partial charge in [0, 0.05) is 53.6 Å². The van der Waals surface area contributed by atoms with E-state index in [2.05, 4.69) is 4.98 Å². The van der Waals surface area contributed by atoms with E-state index < -0.39 is 11.9 Å². The Morgan fingerprint density at radius 1 is 1.26 bits per heavy atom. The van der Waals surface area contributed by atoms with Crippen LogP contribution in [0, 0.1) is 0 Å². The van der Waals surface area contributed by atoms with Gasteiger partial charge in [0.1, 0.15) is 17.2 Å². The molecule has 8 nitrogen and oxygen atoms in total. The van der Waals surface area contributed by atoms with E-state index in [4.69, 9.17) is 9.47 Å². The van der Waals surface area contributed by atoms with E-state index in [-0.39, 0.29) is 40.6 Å². The molecule has 2 aromatic carbocycles. The van der Waals surface area contributed by atoms with Crippen LogP contribution in [0.5, 0.6) is 17.2 Å². The Kier molecular flexibility index (Phi) is 5.49. The van der Waals surface area contributed by atoms with Gasteiger partial charge in [-0.15, -0.1) is 0 Å². The topological polar surface area (TPSA) is 111 Å². The standard InChI is InChI=1S/C27H22N2O6/c1-29-14-16(19-11-17(34-2)5-7-21(19)29)10-23-26(33)18-6-8-22(30)25(27(18)35-23)20(12-24(31)32)15-4-3-9-28-13-15/h3-11,13-14,20,30H,12H2,1-2H3,(H,31,32). The number of phenolic OH excluding ortho intramolecular Hbond substituents is 1. The number of hydrogen-bond acceptors (Lipinski definition) is 6. The molecule has 4 aromatic rings. The molecule has 35 heavy (non-hydrogen) atoms. The lowest BCUT2D eigenvalue weighted by Crippen LogP contribution is -2.10. The van der Waals surface area contributed by atoms with Crippen LogP contribution >= 0.6 is 0 Å². The minimum atomic E-state index is -1.05. The third-order valence-electron chi connectivity index (χ3n) is 6.18. The van der Waals surface area contributed by atoms with E-state index in [1.54, 1.807) is 37.7 Å². The van der Waals surface area contributed by atoms with Gasteiger partial charge in [0.2, 0.25) is 5.78 Å². The van der Waals surface area contributed by atoms with Crippen molar-refractivity contribution in [3.8, 4) is 17.2 Å². The molecule has 8 heteroatoms. The zero-order valence-electron chi connectivity index (χ0n) is 19.1. The first-order valence-corrected chi connectivity index (χ1v) is 10.9. The summed E-state index contributed by atoms with van der Waals surface area (Å²) in [5.41, 5.74) is 2.82. The Labute approximate surface area is 200 Å². The molecule has 2 N–H and O–H groups in total. The lowest BCUT2D eigenvalue weighted by Gasteiger charge is -2.19. The van der Waals surface area contributed by atoms with Crippen molar-refractivity contribution in [3.63, 3.8) is 0 Å². The Balaban J connectivity index is 1.62. The molecule has 5 rings (SSSR count). The summed E-state index contributed by atoms with van der Waals surface area (Å²) in [4.78, 5) is 29.0. The zero-order chi connectivity index (χ0) is 24.7. The molecule has 1 unspecified atom stereocenters. The number of carboxylic acids is 1. The molecule has 0 radical (unpaired) electrons. The highest BCUT2D eigenvalue weighted by molar-refractivity contribution is 6.15. The first-order chi connectivity index (χ1) is 16.9. The van der Waals surface area contributed by atoms with Gasteiger partial charge in [-0.1, -0.05) is 6.07 Å². The molecular formula is C27H22N2O6. The maximum Gasteiger partial charge on any atom is 0.304 e. The molecule has 0 bridgehead atoms. The van der Waals surface area contributed by atoms with Crippen molar-refractivity contribution < 1.29 is 29.3 Å². The lowest BCUT2D eigenvalue weighted by atomic mass is 9.87. The number of pyridine rings is 1. The number of methoxy groups -OCH3 is 1. The van der Waals surface area contributed by atoms with Crippen LogP contribution in [-0.4, -0.2) is 38.6 Å². The smallest absolute Gasteiger partial charge is 0.304 e. The average molecular weight is 470 g/mol. The summed E-state index contributed by atoms with van der Waals surface area (Å²) in [6, 6.07) is 12.0. The number of carboxylic acid groups (broad SMARTS) is 1. The SMILES string of the molecule is COc1ccc2c(c1)c(C=C1Oc3c(ccc(O)c3C(CC(=O)O)c3cccnc3)C1=O)cn2C. The number of allylic oxidation sites excluding steroid dienone is 1. The Morgan fingerprint density at radius 3 is 2.80 bits per heavy atom. The van der Waals surface area contributed by atoms with E-state index >= 15 is 0 Å². The van der Waals surface area contributed by atoms with Crippen LogP contribution < -0.4 is 9.47 Å². The van der Waals surface area contributed by atoms with Crippen LogP contribution in [0.4, 0.5) is 0 Å². The van der Waals surface area contributed by atoms with Crippen LogP contribution in [0.3, 0.4) is 0 Å². The highest BCUT2D eigenvalue weighted by Gasteiger charge is 2.35. The molecule has 2 aromatic heterocycles. The van der Waals surface area contributed by atoms with Gasteiger partial charge in [0.05, 0.1) is 19.1 Å². The summed E-state index contributed by atoms with van der Waals surface area (Å²) in [6.07, 6.45) is 6.36. The summed E-state index contributed by atoms with van der Waals surface area (Å²) in [5, 5.41) is 21.2. The van der Waals surface area contributed by atoms with Crippen molar-refractivity contribution in [2.75, 3.05) is 7.11 Å². The number of ether oxygens (including phenoxy) is 2. The second-order valence-electron chi connectivity index (χ2n) is 8.33. The molecule has 0 fully saturated rings. The van der Waals surface area contributed by atoms with E-state index in [1.165, 1.54) is 12.1 Å². The second kappa shape index (κ2) is 8.64. The average Bonchev–Trinajstić information content (AvgIpc) is 3.34. The maximum atomic E-state index is 13.3. The second-order valence-corrected chi connectivity index (χ2v) is 8.33. The summed E-state index contributed by atoms with van der Waals surface area (Å²) in [5.74, 6) is -1.38. The number of nitrogens with zero attached hydrogens (tertiary/aromatic N) is 2. The number of aromatic hydroxyl groups is 1. The minimum Gasteiger partial charge on any atom is -0.508 e. The van der Waals surface area contributed by atoms with Crippen LogP contribution in [-0.2, 0) is 11.8 Å². The number of fused-ring (bicyclic) bond motifs is 2. The molecule has 0 spiro atoms. The quantitative estimate of drug-likeness (QED) is 0.399. The van der Waals surface area contributed by atoms with Gasteiger partial charge in [-0.05, 0) is 48.0 Å². The van der Waals surface area contributed by atoms with Gasteiger partial charge in [-0.2, -0.15) is 0 Å². The third-order valence-corrected chi connectivity index (χ3v) is 6.18. The molecule has 176 valence electrons. The molecule has 1 atom stereocenters. The number of benzene rings is 2. The van der Waals surface area contributed by atoms with E-state index in [9.17, 15) is 19.8 Å². The summed E-state index contributed by atoms with van der Waals surface area (Å²) < 4.78 is 13.3. The fourth-order valence-electron chi connectivity index (χ4n) is 4.53. The molecule has 1 aliphatic rings. The van der Waals surface area contributed by atoms with Crippen LogP contribution in [0.25, 0.3) is 17.0 Å².